The predicted octanol–water partition coefficient (Wildman–Crippen LogP) is 1.34. The van der Waals surface area contributed by atoms with E-state index in [0.717, 1.165) is 25.9 Å². The molecule has 0 aromatic rings. The number of ether oxygens (including phenoxy) is 2. The molecule has 1 N–H and O–H groups in total. The van der Waals surface area contributed by atoms with E-state index >= 15 is 0 Å². The molecule has 78 valence electrons. The lowest BCUT2D eigenvalue weighted by Gasteiger charge is -2.34. The molecule has 3 heteroatoms. The molecule has 0 bridgehead atoms. The molecule has 1 aliphatic rings. The van der Waals surface area contributed by atoms with Crippen molar-refractivity contribution in [2.75, 3.05) is 20.3 Å². The van der Waals surface area contributed by atoms with Crippen molar-refractivity contribution in [2.45, 2.75) is 44.3 Å². The van der Waals surface area contributed by atoms with Crippen molar-refractivity contribution in [3.8, 4) is 0 Å². The van der Waals surface area contributed by atoms with Gasteiger partial charge < -0.3 is 14.6 Å². The van der Waals surface area contributed by atoms with Crippen LogP contribution in [0.3, 0.4) is 0 Å². The highest BCUT2D eigenvalue weighted by atomic mass is 16.5. The van der Waals surface area contributed by atoms with E-state index in [9.17, 15) is 5.11 Å². The topological polar surface area (TPSA) is 38.7 Å². The van der Waals surface area contributed by atoms with E-state index in [4.69, 9.17) is 9.47 Å². The number of rotatable bonds is 3. The Bertz CT molecular complexity index is 137. The molecule has 0 spiro atoms. The Hall–Kier alpha value is -0.120. The summed E-state index contributed by atoms with van der Waals surface area (Å²) in [4.78, 5) is 0. The fraction of sp³-hybridized carbons (Fsp3) is 1.00. The minimum atomic E-state index is -0.453. The number of aliphatic hydroxyl groups is 1. The molecule has 13 heavy (non-hydrogen) atoms. The SMILES string of the molecule is COC[C@]1([C@H](C)O)CCCCCO1. The van der Waals surface area contributed by atoms with E-state index in [1.54, 1.807) is 14.0 Å². The largest absolute Gasteiger partial charge is 0.390 e. The van der Waals surface area contributed by atoms with E-state index in [1.165, 1.54) is 6.42 Å². The normalized spacial score (nSPS) is 32.5. The van der Waals surface area contributed by atoms with Crippen LogP contribution in [0, 0.1) is 0 Å². The molecule has 1 saturated heterocycles. The van der Waals surface area contributed by atoms with E-state index in [2.05, 4.69) is 0 Å². The zero-order valence-electron chi connectivity index (χ0n) is 8.58. The molecule has 2 atom stereocenters. The van der Waals surface area contributed by atoms with Crippen molar-refractivity contribution < 1.29 is 14.6 Å². The lowest BCUT2D eigenvalue weighted by molar-refractivity contribution is -0.147. The van der Waals surface area contributed by atoms with Gasteiger partial charge in [-0.1, -0.05) is 12.8 Å². The molecule has 0 radical (unpaired) electrons. The van der Waals surface area contributed by atoms with E-state index in [0.29, 0.717) is 6.61 Å². The summed E-state index contributed by atoms with van der Waals surface area (Å²) in [6, 6.07) is 0. The Morgan fingerprint density at radius 2 is 2.23 bits per heavy atom. The highest BCUT2D eigenvalue weighted by molar-refractivity contribution is 4.87. The van der Waals surface area contributed by atoms with Gasteiger partial charge in [0.25, 0.3) is 0 Å². The Morgan fingerprint density at radius 3 is 2.85 bits per heavy atom. The average Bonchev–Trinajstić information content (AvgIpc) is 2.31. The molecule has 0 aromatic carbocycles. The third kappa shape index (κ3) is 2.66. The van der Waals surface area contributed by atoms with Crippen LogP contribution in [0.4, 0.5) is 0 Å². The molecule has 1 heterocycles. The fourth-order valence-electron chi connectivity index (χ4n) is 1.86. The van der Waals surface area contributed by atoms with Gasteiger partial charge >= 0.3 is 0 Å². The maximum absolute atomic E-state index is 9.68. The number of hydrogen-bond donors (Lipinski definition) is 1. The Labute approximate surface area is 80.0 Å². The number of hydrogen-bond acceptors (Lipinski definition) is 3. The summed E-state index contributed by atoms with van der Waals surface area (Å²) < 4.78 is 10.8. The van der Waals surface area contributed by atoms with Gasteiger partial charge in [-0.25, -0.2) is 0 Å². The summed E-state index contributed by atoms with van der Waals surface area (Å²) in [6.07, 6.45) is 3.86. The summed E-state index contributed by atoms with van der Waals surface area (Å²) in [7, 11) is 1.65. The minimum Gasteiger partial charge on any atom is -0.390 e. The first-order valence-electron chi connectivity index (χ1n) is 5.02. The molecular formula is C10H20O3. The van der Waals surface area contributed by atoms with Gasteiger partial charge in [-0.2, -0.15) is 0 Å². The van der Waals surface area contributed by atoms with E-state index < -0.39 is 11.7 Å². The first-order chi connectivity index (χ1) is 6.21. The van der Waals surface area contributed by atoms with Crippen LogP contribution < -0.4 is 0 Å². The van der Waals surface area contributed by atoms with Gasteiger partial charge in [-0.05, 0) is 19.8 Å². The third-order valence-corrected chi connectivity index (χ3v) is 2.78. The molecule has 0 saturated carbocycles. The van der Waals surface area contributed by atoms with Crippen molar-refractivity contribution in [3.05, 3.63) is 0 Å². The van der Waals surface area contributed by atoms with Crippen LogP contribution in [0.15, 0.2) is 0 Å². The molecule has 0 aliphatic carbocycles. The van der Waals surface area contributed by atoms with Gasteiger partial charge in [0.1, 0.15) is 5.60 Å². The van der Waals surface area contributed by atoms with Crippen molar-refractivity contribution in [2.24, 2.45) is 0 Å². The molecule has 0 amide bonds. The second-order valence-electron chi connectivity index (χ2n) is 3.83. The highest BCUT2D eigenvalue weighted by Gasteiger charge is 2.37. The monoisotopic (exact) mass is 188 g/mol. The standard InChI is InChI=1S/C10H20O3/c1-9(11)10(8-12-2)6-4-3-5-7-13-10/h9,11H,3-8H2,1-2H3/t9-,10-/m0/s1. The van der Waals surface area contributed by atoms with Crippen LogP contribution in [-0.4, -0.2) is 37.1 Å². The van der Waals surface area contributed by atoms with Crippen molar-refractivity contribution in [1.29, 1.82) is 0 Å². The van der Waals surface area contributed by atoms with Crippen molar-refractivity contribution in [3.63, 3.8) is 0 Å². The summed E-state index contributed by atoms with van der Waals surface area (Å²) in [5.41, 5.74) is -0.453. The van der Waals surface area contributed by atoms with Crippen LogP contribution in [0.2, 0.25) is 0 Å². The maximum Gasteiger partial charge on any atom is 0.117 e. The second kappa shape index (κ2) is 4.94. The van der Waals surface area contributed by atoms with Crippen molar-refractivity contribution >= 4 is 0 Å². The van der Waals surface area contributed by atoms with Crippen LogP contribution in [0.1, 0.15) is 32.6 Å². The molecule has 1 aliphatic heterocycles. The Morgan fingerprint density at radius 1 is 1.46 bits per heavy atom. The molecule has 0 aromatic heterocycles. The molecule has 3 nitrogen and oxygen atoms in total. The van der Waals surface area contributed by atoms with E-state index in [-0.39, 0.29) is 0 Å². The fourth-order valence-corrected chi connectivity index (χ4v) is 1.86. The zero-order valence-corrected chi connectivity index (χ0v) is 8.58. The van der Waals surface area contributed by atoms with Gasteiger partial charge in [0.15, 0.2) is 0 Å². The Kier molecular flexibility index (Phi) is 4.16. The summed E-state index contributed by atoms with van der Waals surface area (Å²) in [5.74, 6) is 0. The summed E-state index contributed by atoms with van der Waals surface area (Å²) in [5, 5.41) is 9.68. The quantitative estimate of drug-likeness (QED) is 0.726. The molecular weight excluding hydrogens is 168 g/mol. The smallest absolute Gasteiger partial charge is 0.117 e. The first kappa shape index (κ1) is 11.0. The zero-order chi connectivity index (χ0) is 9.73. The highest BCUT2D eigenvalue weighted by Crippen LogP contribution is 2.27. The maximum atomic E-state index is 9.68. The average molecular weight is 188 g/mol. The molecule has 0 unspecified atom stereocenters. The number of aliphatic hydroxyl groups excluding tert-OH is 1. The Balaban J connectivity index is 2.62. The third-order valence-electron chi connectivity index (χ3n) is 2.78. The first-order valence-corrected chi connectivity index (χ1v) is 5.02. The van der Waals surface area contributed by atoms with Crippen LogP contribution in [0.25, 0.3) is 0 Å². The van der Waals surface area contributed by atoms with Gasteiger partial charge in [-0.15, -0.1) is 0 Å². The van der Waals surface area contributed by atoms with Crippen molar-refractivity contribution in [1.82, 2.24) is 0 Å². The van der Waals surface area contributed by atoms with E-state index in [1.807, 2.05) is 0 Å². The van der Waals surface area contributed by atoms with Gasteiger partial charge in [0.05, 0.1) is 12.7 Å². The minimum absolute atomic E-state index is 0.453. The summed E-state index contributed by atoms with van der Waals surface area (Å²) >= 11 is 0. The van der Waals surface area contributed by atoms with Crippen LogP contribution in [0.5, 0.6) is 0 Å². The van der Waals surface area contributed by atoms with Gasteiger partial charge in [0, 0.05) is 13.7 Å². The summed E-state index contributed by atoms with van der Waals surface area (Å²) in [6.45, 7) is 3.02. The molecule has 1 fully saturated rings. The van der Waals surface area contributed by atoms with Gasteiger partial charge in [-0.3, -0.25) is 0 Å². The van der Waals surface area contributed by atoms with Crippen LogP contribution in [-0.2, 0) is 9.47 Å². The second-order valence-corrected chi connectivity index (χ2v) is 3.83. The van der Waals surface area contributed by atoms with Gasteiger partial charge in [0.2, 0.25) is 0 Å². The lowest BCUT2D eigenvalue weighted by atomic mass is 9.92. The lowest BCUT2D eigenvalue weighted by Crippen LogP contribution is -2.47. The predicted molar refractivity (Wildman–Crippen MR) is 50.7 cm³/mol. The number of methoxy groups -OCH3 is 1. The molecule has 1 rings (SSSR count). The van der Waals surface area contributed by atoms with Crippen LogP contribution >= 0.6 is 0 Å².